The summed E-state index contributed by atoms with van der Waals surface area (Å²) < 4.78 is 10.6. The van der Waals surface area contributed by atoms with Crippen LogP contribution < -0.4 is 19.7 Å². The highest BCUT2D eigenvalue weighted by molar-refractivity contribution is 6.30. The summed E-state index contributed by atoms with van der Waals surface area (Å²) in [5, 5.41) is 15.2. The monoisotopic (exact) mass is 391 g/mol. The van der Waals surface area contributed by atoms with Crippen LogP contribution in [0.1, 0.15) is 12.8 Å². The lowest BCUT2D eigenvalue weighted by molar-refractivity contribution is -0.384. The average molecular weight is 392 g/mol. The van der Waals surface area contributed by atoms with Crippen LogP contribution in [0.5, 0.6) is 11.5 Å². The molecule has 0 radical (unpaired) electrons. The number of nitrogens with zero attached hydrogens (tertiary/aromatic N) is 2. The second-order valence-corrected chi connectivity index (χ2v) is 6.83. The Morgan fingerprint density at radius 3 is 2.30 bits per heavy atom. The Kier molecular flexibility index (Phi) is 5.91. The van der Waals surface area contributed by atoms with Gasteiger partial charge in [-0.3, -0.25) is 10.1 Å². The molecule has 1 N–H and O–H groups in total. The Balaban J connectivity index is 1.67. The van der Waals surface area contributed by atoms with E-state index in [2.05, 4.69) is 5.32 Å². The predicted molar refractivity (Wildman–Crippen MR) is 107 cm³/mol. The number of methoxy groups -OCH3 is 2. The molecule has 2 aromatic carbocycles. The first-order valence-electron chi connectivity index (χ1n) is 8.68. The largest absolute Gasteiger partial charge is 0.497 e. The third kappa shape index (κ3) is 4.54. The molecule has 0 aliphatic carbocycles. The van der Waals surface area contributed by atoms with E-state index in [1.165, 1.54) is 6.07 Å². The number of rotatable bonds is 6. The Labute approximate surface area is 163 Å². The van der Waals surface area contributed by atoms with Crippen molar-refractivity contribution in [2.75, 3.05) is 37.5 Å². The topological polar surface area (TPSA) is 76.9 Å². The van der Waals surface area contributed by atoms with Crippen LogP contribution in [0.3, 0.4) is 0 Å². The van der Waals surface area contributed by atoms with Crippen molar-refractivity contribution in [2.45, 2.75) is 18.9 Å². The van der Waals surface area contributed by atoms with Gasteiger partial charge in [0.2, 0.25) is 0 Å². The molecule has 1 fully saturated rings. The van der Waals surface area contributed by atoms with Crippen LogP contribution >= 0.6 is 11.6 Å². The van der Waals surface area contributed by atoms with Crippen LogP contribution in [0.25, 0.3) is 0 Å². The maximum absolute atomic E-state index is 11.3. The summed E-state index contributed by atoms with van der Waals surface area (Å²) in [7, 11) is 3.24. The molecule has 144 valence electrons. The third-order valence-corrected chi connectivity index (χ3v) is 4.93. The third-order valence-electron chi connectivity index (χ3n) is 4.69. The minimum absolute atomic E-state index is 0.0476. The number of hydrogen-bond donors (Lipinski definition) is 1. The van der Waals surface area contributed by atoms with Crippen LogP contribution in [0.15, 0.2) is 36.4 Å². The van der Waals surface area contributed by atoms with E-state index in [0.29, 0.717) is 10.7 Å². The van der Waals surface area contributed by atoms with Gasteiger partial charge in [0, 0.05) is 54.1 Å². The quantitative estimate of drug-likeness (QED) is 0.582. The molecule has 1 aliphatic rings. The van der Waals surface area contributed by atoms with Gasteiger partial charge in [-0.2, -0.15) is 0 Å². The van der Waals surface area contributed by atoms with Crippen molar-refractivity contribution in [1.82, 2.24) is 0 Å². The van der Waals surface area contributed by atoms with Crippen LogP contribution in [0, 0.1) is 10.1 Å². The first-order chi connectivity index (χ1) is 13.0. The highest BCUT2D eigenvalue weighted by atomic mass is 35.5. The second kappa shape index (κ2) is 8.35. The fourth-order valence-corrected chi connectivity index (χ4v) is 3.47. The summed E-state index contributed by atoms with van der Waals surface area (Å²) in [4.78, 5) is 13.0. The number of halogens is 1. The molecule has 2 aromatic rings. The average Bonchev–Trinajstić information content (AvgIpc) is 2.68. The summed E-state index contributed by atoms with van der Waals surface area (Å²) in [5.41, 5.74) is 1.60. The molecule has 0 atom stereocenters. The van der Waals surface area contributed by atoms with Crippen LogP contribution in [-0.4, -0.2) is 38.3 Å². The van der Waals surface area contributed by atoms with Crippen molar-refractivity contribution in [2.24, 2.45) is 0 Å². The number of anilines is 2. The molecule has 27 heavy (non-hydrogen) atoms. The lowest BCUT2D eigenvalue weighted by Gasteiger charge is -2.34. The zero-order valence-corrected chi connectivity index (χ0v) is 16.0. The minimum atomic E-state index is -0.381. The number of hydrogen-bond acceptors (Lipinski definition) is 6. The van der Waals surface area contributed by atoms with E-state index >= 15 is 0 Å². The summed E-state index contributed by atoms with van der Waals surface area (Å²) in [6, 6.07) is 10.8. The van der Waals surface area contributed by atoms with Crippen molar-refractivity contribution in [3.63, 3.8) is 0 Å². The Bertz CT molecular complexity index is 800. The minimum Gasteiger partial charge on any atom is -0.497 e. The van der Waals surface area contributed by atoms with Crippen molar-refractivity contribution >= 4 is 28.7 Å². The van der Waals surface area contributed by atoms with Crippen LogP contribution in [-0.2, 0) is 0 Å². The summed E-state index contributed by atoms with van der Waals surface area (Å²) >= 11 is 5.91. The molecule has 1 saturated heterocycles. The van der Waals surface area contributed by atoms with Crippen LogP contribution in [0.2, 0.25) is 5.02 Å². The molecule has 7 nitrogen and oxygen atoms in total. The van der Waals surface area contributed by atoms with Crippen molar-refractivity contribution in [3.05, 3.63) is 51.5 Å². The van der Waals surface area contributed by atoms with Gasteiger partial charge in [-0.15, -0.1) is 0 Å². The smallest absolute Gasteiger partial charge is 0.294 e. The molecule has 8 heteroatoms. The SMILES string of the molecule is COc1cc(NC2CCN(c3ccc(Cl)cc3[N+](=O)[O-])CC2)cc(OC)c1. The number of piperidine rings is 1. The van der Waals surface area contributed by atoms with Crippen molar-refractivity contribution in [1.29, 1.82) is 0 Å². The van der Waals surface area contributed by atoms with E-state index in [1.807, 2.05) is 23.1 Å². The molecule has 0 aromatic heterocycles. The molecule has 0 bridgehead atoms. The molecule has 0 saturated carbocycles. The van der Waals surface area contributed by atoms with Gasteiger partial charge in [0.05, 0.1) is 19.1 Å². The highest BCUT2D eigenvalue weighted by Gasteiger charge is 2.25. The van der Waals surface area contributed by atoms with Gasteiger partial charge in [0.25, 0.3) is 5.69 Å². The van der Waals surface area contributed by atoms with Gasteiger partial charge in [-0.05, 0) is 25.0 Å². The zero-order chi connectivity index (χ0) is 19.4. The lowest BCUT2D eigenvalue weighted by Crippen LogP contribution is -2.39. The molecule has 0 spiro atoms. The van der Waals surface area contributed by atoms with Gasteiger partial charge < -0.3 is 19.7 Å². The van der Waals surface area contributed by atoms with Gasteiger partial charge in [0.15, 0.2) is 0 Å². The number of nitrogens with one attached hydrogen (secondary N) is 1. The van der Waals surface area contributed by atoms with Crippen molar-refractivity contribution in [3.8, 4) is 11.5 Å². The standard InChI is InChI=1S/C19H22ClN3O4/c1-26-16-10-15(11-17(12-16)27-2)21-14-5-7-22(8-6-14)18-4-3-13(20)9-19(18)23(24)25/h3-4,9-12,14,21H,5-8H2,1-2H3. The van der Waals surface area contributed by atoms with E-state index in [1.54, 1.807) is 26.4 Å². The van der Waals surface area contributed by atoms with Crippen molar-refractivity contribution < 1.29 is 14.4 Å². The number of ether oxygens (including phenoxy) is 2. The fraction of sp³-hybridized carbons (Fsp3) is 0.368. The predicted octanol–water partition coefficient (Wildman–Crippen LogP) is 4.35. The number of nitro groups is 1. The Morgan fingerprint density at radius 1 is 1.11 bits per heavy atom. The molecule has 3 rings (SSSR count). The van der Waals surface area contributed by atoms with Gasteiger partial charge in [-0.1, -0.05) is 11.6 Å². The number of benzene rings is 2. The summed E-state index contributed by atoms with van der Waals surface area (Å²) in [6.45, 7) is 1.45. The maximum atomic E-state index is 11.3. The maximum Gasteiger partial charge on any atom is 0.294 e. The second-order valence-electron chi connectivity index (χ2n) is 6.40. The first kappa shape index (κ1) is 19.1. The molecule has 0 unspecified atom stereocenters. The molecule has 1 heterocycles. The summed E-state index contributed by atoms with van der Waals surface area (Å²) in [5.74, 6) is 1.46. The van der Waals surface area contributed by atoms with Gasteiger partial charge in [0.1, 0.15) is 17.2 Å². The van der Waals surface area contributed by atoms with E-state index in [-0.39, 0.29) is 16.7 Å². The Hall–Kier alpha value is -2.67. The highest BCUT2D eigenvalue weighted by Crippen LogP contribution is 2.33. The summed E-state index contributed by atoms with van der Waals surface area (Å²) in [6.07, 6.45) is 1.72. The fourth-order valence-electron chi connectivity index (χ4n) is 3.30. The van der Waals surface area contributed by atoms with E-state index in [9.17, 15) is 10.1 Å². The lowest BCUT2D eigenvalue weighted by atomic mass is 10.0. The normalized spacial score (nSPS) is 14.7. The molecule has 1 aliphatic heterocycles. The Morgan fingerprint density at radius 2 is 1.74 bits per heavy atom. The first-order valence-corrected chi connectivity index (χ1v) is 9.06. The van der Waals surface area contributed by atoms with Gasteiger partial charge in [-0.25, -0.2) is 0 Å². The van der Waals surface area contributed by atoms with E-state index in [4.69, 9.17) is 21.1 Å². The number of nitro benzene ring substituents is 1. The zero-order valence-electron chi connectivity index (χ0n) is 15.3. The molecular formula is C19H22ClN3O4. The molecular weight excluding hydrogens is 370 g/mol. The van der Waals surface area contributed by atoms with Crippen LogP contribution in [0.4, 0.5) is 17.1 Å². The molecule has 0 amide bonds. The van der Waals surface area contributed by atoms with E-state index < -0.39 is 0 Å². The van der Waals surface area contributed by atoms with E-state index in [0.717, 1.165) is 43.1 Å². The van der Waals surface area contributed by atoms with Gasteiger partial charge >= 0.3 is 0 Å².